The highest BCUT2D eigenvalue weighted by Crippen LogP contribution is 2.40. The van der Waals surface area contributed by atoms with Gasteiger partial charge in [0.25, 0.3) is 0 Å². The summed E-state index contributed by atoms with van der Waals surface area (Å²) in [4.78, 5) is 5.62. The van der Waals surface area contributed by atoms with Gasteiger partial charge in [0.1, 0.15) is 5.01 Å². The van der Waals surface area contributed by atoms with Crippen LogP contribution in [0, 0.1) is 0 Å². The fraction of sp³-hybridized carbons (Fsp3) is 0.357. The molecule has 0 amide bonds. The minimum atomic E-state index is 0.447. The fourth-order valence-electron chi connectivity index (χ4n) is 1.96. The molecule has 0 fully saturated rings. The molecule has 2 aromatic rings. The van der Waals surface area contributed by atoms with Crippen molar-refractivity contribution in [3.63, 3.8) is 0 Å². The Kier molecular flexibility index (Phi) is 4.94. The summed E-state index contributed by atoms with van der Waals surface area (Å²) in [6.45, 7) is 0.901. The van der Waals surface area contributed by atoms with E-state index >= 15 is 0 Å². The maximum atomic E-state index is 5.76. The van der Waals surface area contributed by atoms with Gasteiger partial charge in [0.05, 0.1) is 32.1 Å². The van der Waals surface area contributed by atoms with Crippen molar-refractivity contribution < 1.29 is 14.2 Å². The van der Waals surface area contributed by atoms with Gasteiger partial charge < -0.3 is 19.9 Å². The second-order valence-electron chi connectivity index (χ2n) is 4.07. The normalized spacial score (nSPS) is 10.6. The quantitative estimate of drug-likeness (QED) is 0.886. The lowest BCUT2D eigenvalue weighted by Gasteiger charge is -2.10. The zero-order valence-electron chi connectivity index (χ0n) is 11.8. The zero-order valence-corrected chi connectivity index (χ0v) is 12.6. The maximum absolute atomic E-state index is 5.76. The van der Waals surface area contributed by atoms with Crippen molar-refractivity contribution >= 4 is 11.3 Å². The van der Waals surface area contributed by atoms with E-state index in [1.165, 1.54) is 0 Å². The minimum Gasteiger partial charge on any atom is -0.493 e. The van der Waals surface area contributed by atoms with Crippen LogP contribution in [0.25, 0.3) is 10.6 Å². The molecular formula is C14H18N2O3S. The molecule has 0 atom stereocenters. The van der Waals surface area contributed by atoms with Gasteiger partial charge in [0, 0.05) is 18.5 Å². The highest BCUT2D eigenvalue weighted by molar-refractivity contribution is 7.15. The molecular weight excluding hydrogens is 276 g/mol. The SMILES string of the molecule is COCc1nc(-c2cccc(OC)c2OC)sc1CN. The van der Waals surface area contributed by atoms with Crippen molar-refractivity contribution in [3.8, 4) is 22.1 Å². The van der Waals surface area contributed by atoms with Crippen LogP contribution < -0.4 is 15.2 Å². The molecule has 0 aliphatic carbocycles. The number of hydrogen-bond donors (Lipinski definition) is 1. The molecule has 6 heteroatoms. The Bertz CT molecular complexity index is 584. The number of hydrogen-bond acceptors (Lipinski definition) is 6. The van der Waals surface area contributed by atoms with Crippen molar-refractivity contribution in [1.82, 2.24) is 4.98 Å². The Labute approximate surface area is 122 Å². The summed E-state index contributed by atoms with van der Waals surface area (Å²) < 4.78 is 15.9. The predicted molar refractivity (Wildman–Crippen MR) is 79.3 cm³/mol. The molecule has 2 N–H and O–H groups in total. The highest BCUT2D eigenvalue weighted by Gasteiger charge is 2.17. The van der Waals surface area contributed by atoms with Gasteiger partial charge >= 0.3 is 0 Å². The molecule has 108 valence electrons. The third kappa shape index (κ3) is 2.77. The minimum absolute atomic E-state index is 0.447. The van der Waals surface area contributed by atoms with Gasteiger partial charge in [0.15, 0.2) is 11.5 Å². The van der Waals surface area contributed by atoms with Crippen LogP contribution in [-0.4, -0.2) is 26.3 Å². The van der Waals surface area contributed by atoms with Gasteiger partial charge in [-0.15, -0.1) is 11.3 Å². The lowest BCUT2D eigenvalue weighted by atomic mass is 10.2. The molecule has 1 aromatic carbocycles. The Morgan fingerprint density at radius 2 is 2.00 bits per heavy atom. The molecule has 0 bridgehead atoms. The maximum Gasteiger partial charge on any atom is 0.170 e. The average molecular weight is 294 g/mol. The largest absolute Gasteiger partial charge is 0.493 e. The lowest BCUT2D eigenvalue weighted by Crippen LogP contribution is -1.99. The van der Waals surface area contributed by atoms with Crippen LogP contribution in [0.15, 0.2) is 18.2 Å². The molecule has 0 radical (unpaired) electrons. The molecule has 0 saturated carbocycles. The summed E-state index contributed by atoms with van der Waals surface area (Å²) >= 11 is 1.55. The first-order valence-corrected chi connectivity index (χ1v) is 6.95. The monoisotopic (exact) mass is 294 g/mol. The van der Waals surface area contributed by atoms with E-state index < -0.39 is 0 Å². The number of methoxy groups -OCH3 is 3. The van der Waals surface area contributed by atoms with E-state index in [9.17, 15) is 0 Å². The van der Waals surface area contributed by atoms with E-state index in [1.807, 2.05) is 18.2 Å². The Balaban J connectivity index is 2.51. The molecule has 5 nitrogen and oxygen atoms in total. The van der Waals surface area contributed by atoms with Gasteiger partial charge in [-0.05, 0) is 12.1 Å². The fourth-order valence-corrected chi connectivity index (χ4v) is 2.93. The smallest absolute Gasteiger partial charge is 0.170 e. The van der Waals surface area contributed by atoms with Gasteiger partial charge in [0.2, 0.25) is 0 Å². The number of aromatic nitrogens is 1. The van der Waals surface area contributed by atoms with Crippen LogP contribution in [0.5, 0.6) is 11.5 Å². The first-order chi connectivity index (χ1) is 9.74. The van der Waals surface area contributed by atoms with E-state index in [4.69, 9.17) is 19.9 Å². The second kappa shape index (κ2) is 6.69. The number of thiazole rings is 1. The van der Waals surface area contributed by atoms with Crippen LogP contribution in [0.2, 0.25) is 0 Å². The first kappa shape index (κ1) is 14.8. The van der Waals surface area contributed by atoms with Crippen molar-refractivity contribution in [3.05, 3.63) is 28.8 Å². The molecule has 20 heavy (non-hydrogen) atoms. The van der Waals surface area contributed by atoms with E-state index in [-0.39, 0.29) is 0 Å². The molecule has 0 spiro atoms. The van der Waals surface area contributed by atoms with E-state index in [1.54, 1.807) is 32.7 Å². The van der Waals surface area contributed by atoms with Gasteiger partial charge in [-0.1, -0.05) is 6.07 Å². The standard InChI is InChI=1S/C14H18N2O3S/c1-17-8-10-12(7-15)20-14(16-10)9-5-4-6-11(18-2)13(9)19-3/h4-6H,7-8,15H2,1-3H3. The number of rotatable bonds is 6. The first-order valence-electron chi connectivity index (χ1n) is 6.14. The van der Waals surface area contributed by atoms with Gasteiger partial charge in [-0.25, -0.2) is 4.98 Å². The average Bonchev–Trinajstić information content (AvgIpc) is 2.89. The highest BCUT2D eigenvalue weighted by atomic mass is 32.1. The summed E-state index contributed by atoms with van der Waals surface area (Å²) in [6, 6.07) is 5.73. The molecule has 2 rings (SSSR count). The lowest BCUT2D eigenvalue weighted by molar-refractivity contribution is 0.181. The topological polar surface area (TPSA) is 66.6 Å². The van der Waals surface area contributed by atoms with E-state index in [2.05, 4.69) is 4.98 Å². The van der Waals surface area contributed by atoms with Gasteiger partial charge in [-0.3, -0.25) is 0 Å². The van der Waals surface area contributed by atoms with Crippen molar-refractivity contribution in [2.24, 2.45) is 5.73 Å². The van der Waals surface area contributed by atoms with Crippen LogP contribution in [-0.2, 0) is 17.9 Å². The molecule has 1 heterocycles. The molecule has 0 unspecified atom stereocenters. The Morgan fingerprint density at radius 3 is 2.60 bits per heavy atom. The Hall–Kier alpha value is -1.63. The third-order valence-corrected chi connectivity index (χ3v) is 4.03. The zero-order chi connectivity index (χ0) is 14.5. The molecule has 1 aromatic heterocycles. The summed E-state index contributed by atoms with van der Waals surface area (Å²) in [5.41, 5.74) is 7.53. The summed E-state index contributed by atoms with van der Waals surface area (Å²) in [5, 5.41) is 0.855. The Morgan fingerprint density at radius 1 is 1.20 bits per heavy atom. The van der Waals surface area contributed by atoms with Crippen molar-refractivity contribution in [1.29, 1.82) is 0 Å². The second-order valence-corrected chi connectivity index (χ2v) is 5.15. The van der Waals surface area contributed by atoms with Crippen LogP contribution in [0.4, 0.5) is 0 Å². The van der Waals surface area contributed by atoms with Crippen molar-refractivity contribution in [2.75, 3.05) is 21.3 Å². The summed E-state index contributed by atoms with van der Waals surface area (Å²) in [6.07, 6.45) is 0. The number of nitrogens with zero attached hydrogens (tertiary/aromatic N) is 1. The molecule has 0 aliphatic rings. The predicted octanol–water partition coefficient (Wildman–Crippen LogP) is 2.43. The molecule has 0 aliphatic heterocycles. The van der Waals surface area contributed by atoms with Crippen LogP contribution in [0.3, 0.4) is 0 Å². The van der Waals surface area contributed by atoms with E-state index in [0.29, 0.717) is 24.7 Å². The summed E-state index contributed by atoms with van der Waals surface area (Å²) in [7, 11) is 4.88. The number of nitrogens with two attached hydrogens (primary N) is 1. The van der Waals surface area contributed by atoms with Crippen molar-refractivity contribution in [2.45, 2.75) is 13.2 Å². The number of ether oxygens (including phenoxy) is 3. The third-order valence-electron chi connectivity index (χ3n) is 2.88. The van der Waals surface area contributed by atoms with Crippen LogP contribution in [0.1, 0.15) is 10.6 Å². The molecule has 0 saturated heterocycles. The number of benzene rings is 1. The number of para-hydroxylation sites is 1. The van der Waals surface area contributed by atoms with E-state index in [0.717, 1.165) is 21.1 Å². The summed E-state index contributed by atoms with van der Waals surface area (Å²) in [5.74, 6) is 1.36. The van der Waals surface area contributed by atoms with Crippen LogP contribution >= 0.6 is 11.3 Å². The van der Waals surface area contributed by atoms with Gasteiger partial charge in [-0.2, -0.15) is 0 Å².